The van der Waals surface area contributed by atoms with Crippen molar-refractivity contribution in [2.24, 2.45) is 5.92 Å². The molecule has 0 radical (unpaired) electrons. The number of aryl methyl sites for hydroxylation is 1. The number of amides is 2. The van der Waals surface area contributed by atoms with Crippen molar-refractivity contribution in [3.05, 3.63) is 29.8 Å². The normalized spacial score (nSPS) is 18.7. The van der Waals surface area contributed by atoms with Crippen LogP contribution in [0.4, 0.5) is 5.69 Å². The van der Waals surface area contributed by atoms with Gasteiger partial charge in [0, 0.05) is 37.5 Å². The van der Waals surface area contributed by atoms with Crippen molar-refractivity contribution in [1.82, 2.24) is 5.32 Å². The summed E-state index contributed by atoms with van der Waals surface area (Å²) in [5.41, 5.74) is 2.13. The van der Waals surface area contributed by atoms with Gasteiger partial charge in [-0.1, -0.05) is 24.6 Å². The third-order valence-electron chi connectivity index (χ3n) is 3.46. The van der Waals surface area contributed by atoms with Gasteiger partial charge in [-0.25, -0.2) is 0 Å². The van der Waals surface area contributed by atoms with Gasteiger partial charge in [-0.2, -0.15) is 0 Å². The molecular weight excluding hydrogens is 240 g/mol. The highest BCUT2D eigenvalue weighted by molar-refractivity contribution is 5.95. The Hall–Kier alpha value is -1.84. The average Bonchev–Trinajstić information content (AvgIpc) is 2.78. The molecule has 1 fully saturated rings. The van der Waals surface area contributed by atoms with E-state index in [2.05, 4.69) is 5.32 Å². The number of nitrogens with zero attached hydrogens (tertiary/aromatic N) is 1. The smallest absolute Gasteiger partial charge is 0.227 e. The number of benzene rings is 1. The van der Waals surface area contributed by atoms with Gasteiger partial charge >= 0.3 is 0 Å². The molecule has 1 aromatic carbocycles. The molecule has 0 spiro atoms. The maximum absolute atomic E-state index is 12.0. The lowest BCUT2D eigenvalue weighted by atomic mass is 10.1. The Kier molecular flexibility index (Phi) is 4.20. The lowest BCUT2D eigenvalue weighted by Gasteiger charge is -2.17. The monoisotopic (exact) mass is 260 g/mol. The highest BCUT2D eigenvalue weighted by atomic mass is 16.2. The molecule has 1 N–H and O–H groups in total. The molecular formula is C15H20N2O2. The van der Waals surface area contributed by atoms with Crippen molar-refractivity contribution in [2.45, 2.75) is 26.7 Å². The van der Waals surface area contributed by atoms with Gasteiger partial charge in [-0.3, -0.25) is 9.59 Å². The van der Waals surface area contributed by atoms with Crippen LogP contribution in [0.1, 0.15) is 25.3 Å². The molecule has 1 aromatic rings. The molecule has 0 aliphatic carbocycles. The third-order valence-corrected chi connectivity index (χ3v) is 3.46. The van der Waals surface area contributed by atoms with E-state index in [4.69, 9.17) is 0 Å². The molecule has 1 aliphatic rings. The van der Waals surface area contributed by atoms with Crippen LogP contribution in [0.25, 0.3) is 0 Å². The molecule has 19 heavy (non-hydrogen) atoms. The van der Waals surface area contributed by atoms with E-state index in [0.29, 0.717) is 25.9 Å². The Balaban J connectivity index is 1.96. The van der Waals surface area contributed by atoms with Crippen LogP contribution in [0.15, 0.2) is 24.3 Å². The molecule has 2 rings (SSSR count). The SMILES string of the molecule is CCC(=O)NCC1CC(=O)N(c2ccc(C)cc2)C1. The molecule has 4 heteroatoms. The molecule has 1 saturated heterocycles. The van der Waals surface area contributed by atoms with E-state index in [9.17, 15) is 9.59 Å². The largest absolute Gasteiger partial charge is 0.356 e. The number of nitrogens with one attached hydrogen (secondary N) is 1. The second-order valence-electron chi connectivity index (χ2n) is 5.07. The number of hydrogen-bond donors (Lipinski definition) is 1. The zero-order valence-electron chi connectivity index (χ0n) is 11.5. The fourth-order valence-electron chi connectivity index (χ4n) is 2.28. The molecule has 0 aromatic heterocycles. The van der Waals surface area contributed by atoms with Crippen LogP contribution in [0.3, 0.4) is 0 Å². The average molecular weight is 260 g/mol. The highest BCUT2D eigenvalue weighted by Crippen LogP contribution is 2.24. The van der Waals surface area contributed by atoms with E-state index in [-0.39, 0.29) is 17.7 Å². The van der Waals surface area contributed by atoms with E-state index < -0.39 is 0 Å². The summed E-state index contributed by atoms with van der Waals surface area (Å²) in [6.45, 7) is 5.12. The number of rotatable bonds is 4. The van der Waals surface area contributed by atoms with Crippen LogP contribution in [0.2, 0.25) is 0 Å². The second kappa shape index (κ2) is 5.87. The van der Waals surface area contributed by atoms with Crippen molar-refractivity contribution >= 4 is 17.5 Å². The molecule has 1 heterocycles. The van der Waals surface area contributed by atoms with Crippen LogP contribution in [0, 0.1) is 12.8 Å². The first-order chi connectivity index (χ1) is 9.10. The first kappa shape index (κ1) is 13.6. The Morgan fingerprint density at radius 3 is 2.68 bits per heavy atom. The van der Waals surface area contributed by atoms with Crippen LogP contribution in [0.5, 0.6) is 0 Å². The van der Waals surface area contributed by atoms with E-state index in [1.54, 1.807) is 0 Å². The Bertz CT molecular complexity index is 468. The predicted molar refractivity (Wildman–Crippen MR) is 74.9 cm³/mol. The summed E-state index contributed by atoms with van der Waals surface area (Å²) in [6.07, 6.45) is 1.00. The molecule has 4 nitrogen and oxygen atoms in total. The van der Waals surface area contributed by atoms with Crippen LogP contribution >= 0.6 is 0 Å². The molecule has 1 atom stereocenters. The number of carbonyl (C=O) groups excluding carboxylic acids is 2. The van der Waals surface area contributed by atoms with E-state index in [1.807, 2.05) is 43.0 Å². The van der Waals surface area contributed by atoms with Gasteiger partial charge in [0.1, 0.15) is 0 Å². The van der Waals surface area contributed by atoms with E-state index in [1.165, 1.54) is 5.56 Å². The Morgan fingerprint density at radius 1 is 1.37 bits per heavy atom. The van der Waals surface area contributed by atoms with Gasteiger partial charge in [0.05, 0.1) is 0 Å². The van der Waals surface area contributed by atoms with Crippen molar-refractivity contribution in [3.63, 3.8) is 0 Å². The summed E-state index contributed by atoms with van der Waals surface area (Å²) in [4.78, 5) is 25.0. The topological polar surface area (TPSA) is 49.4 Å². The summed E-state index contributed by atoms with van der Waals surface area (Å²) in [5.74, 6) is 0.394. The van der Waals surface area contributed by atoms with Gasteiger partial charge < -0.3 is 10.2 Å². The van der Waals surface area contributed by atoms with Crippen LogP contribution in [-0.2, 0) is 9.59 Å². The summed E-state index contributed by atoms with van der Waals surface area (Å²) >= 11 is 0. The Labute approximate surface area is 113 Å². The minimum absolute atomic E-state index is 0.0428. The number of anilines is 1. The first-order valence-electron chi connectivity index (χ1n) is 6.74. The predicted octanol–water partition coefficient (Wildman–Crippen LogP) is 1.87. The maximum atomic E-state index is 12.0. The van der Waals surface area contributed by atoms with Crippen LogP contribution in [-0.4, -0.2) is 24.9 Å². The van der Waals surface area contributed by atoms with E-state index >= 15 is 0 Å². The summed E-state index contributed by atoms with van der Waals surface area (Å²) < 4.78 is 0. The molecule has 2 amide bonds. The van der Waals surface area contributed by atoms with Crippen LogP contribution < -0.4 is 10.2 Å². The lowest BCUT2D eigenvalue weighted by Crippen LogP contribution is -2.30. The van der Waals surface area contributed by atoms with Crippen molar-refractivity contribution in [3.8, 4) is 0 Å². The van der Waals surface area contributed by atoms with E-state index in [0.717, 1.165) is 5.69 Å². The van der Waals surface area contributed by atoms with Gasteiger partial charge in [-0.15, -0.1) is 0 Å². The van der Waals surface area contributed by atoms with Crippen molar-refractivity contribution in [1.29, 1.82) is 0 Å². The quantitative estimate of drug-likeness (QED) is 0.898. The first-order valence-corrected chi connectivity index (χ1v) is 6.74. The molecule has 1 unspecified atom stereocenters. The molecule has 1 aliphatic heterocycles. The minimum atomic E-state index is 0.0428. The lowest BCUT2D eigenvalue weighted by molar-refractivity contribution is -0.121. The van der Waals surface area contributed by atoms with Gasteiger partial charge in [0.2, 0.25) is 11.8 Å². The molecule has 0 bridgehead atoms. The standard InChI is InChI=1S/C15H20N2O2/c1-3-14(18)16-9-12-8-15(19)17(10-12)13-6-4-11(2)5-7-13/h4-7,12H,3,8-10H2,1-2H3,(H,16,18). The minimum Gasteiger partial charge on any atom is -0.356 e. The molecule has 0 saturated carbocycles. The Morgan fingerprint density at radius 2 is 2.05 bits per heavy atom. The van der Waals surface area contributed by atoms with Gasteiger partial charge in [0.15, 0.2) is 0 Å². The molecule has 102 valence electrons. The number of carbonyl (C=O) groups is 2. The highest BCUT2D eigenvalue weighted by Gasteiger charge is 2.30. The summed E-state index contributed by atoms with van der Waals surface area (Å²) in [7, 11) is 0. The fraction of sp³-hybridized carbons (Fsp3) is 0.467. The zero-order valence-corrected chi connectivity index (χ0v) is 11.5. The second-order valence-corrected chi connectivity index (χ2v) is 5.07. The maximum Gasteiger partial charge on any atom is 0.227 e. The van der Waals surface area contributed by atoms with Gasteiger partial charge in [0.25, 0.3) is 0 Å². The summed E-state index contributed by atoms with van der Waals surface area (Å²) in [5, 5.41) is 2.86. The zero-order chi connectivity index (χ0) is 13.8. The summed E-state index contributed by atoms with van der Waals surface area (Å²) in [6, 6.07) is 7.96. The van der Waals surface area contributed by atoms with Crippen molar-refractivity contribution < 1.29 is 9.59 Å². The number of hydrogen-bond acceptors (Lipinski definition) is 2. The fourth-order valence-corrected chi connectivity index (χ4v) is 2.28. The third kappa shape index (κ3) is 3.34. The van der Waals surface area contributed by atoms with Crippen molar-refractivity contribution in [2.75, 3.05) is 18.0 Å². The van der Waals surface area contributed by atoms with Gasteiger partial charge in [-0.05, 0) is 19.1 Å².